The lowest BCUT2D eigenvalue weighted by Crippen LogP contribution is -2.16. The standard InChI is InChI=1S/C16H11ClN2O6/c1-24-15(22)8-4-10(20)12-7(18-8)3-6(17)14-13(12)11(21)5-9(19-14)16(23)25-2/h3-5H,1-2H3,(H,18,20)(H,19,21). The maximum atomic E-state index is 12.5. The quantitative estimate of drug-likeness (QED) is 0.528. The van der Waals surface area contributed by atoms with Crippen molar-refractivity contribution in [3.05, 3.63) is 55.1 Å². The van der Waals surface area contributed by atoms with Crippen LogP contribution in [-0.4, -0.2) is 36.1 Å². The molecular formula is C16H11ClN2O6. The number of carbonyl (C=O) groups is 2. The van der Waals surface area contributed by atoms with Gasteiger partial charge in [0.05, 0.1) is 41.0 Å². The van der Waals surface area contributed by atoms with Crippen molar-refractivity contribution in [1.29, 1.82) is 0 Å². The Balaban J connectivity index is 2.47. The monoisotopic (exact) mass is 362 g/mol. The van der Waals surface area contributed by atoms with Gasteiger partial charge in [0.1, 0.15) is 11.4 Å². The van der Waals surface area contributed by atoms with Gasteiger partial charge in [0.15, 0.2) is 10.9 Å². The van der Waals surface area contributed by atoms with Gasteiger partial charge in [-0.3, -0.25) is 9.59 Å². The summed E-state index contributed by atoms with van der Waals surface area (Å²) in [5.41, 5.74) is -0.993. The SMILES string of the molecule is COC(=O)c1cc(=O)c2c(cc(Cl)c3[nH]c(C(=O)OC)cc(=O)c32)[nH]1. The number of carbonyl (C=O) groups excluding carboxylic acids is 2. The van der Waals surface area contributed by atoms with Gasteiger partial charge in [0.2, 0.25) is 0 Å². The van der Waals surface area contributed by atoms with Crippen LogP contribution in [0.15, 0.2) is 27.8 Å². The molecule has 0 saturated heterocycles. The van der Waals surface area contributed by atoms with E-state index in [1.807, 2.05) is 0 Å². The molecule has 25 heavy (non-hydrogen) atoms. The predicted octanol–water partition coefficient (Wildman–Crippen LogP) is 1.60. The number of ether oxygens (including phenoxy) is 2. The van der Waals surface area contributed by atoms with E-state index < -0.39 is 22.8 Å². The highest BCUT2D eigenvalue weighted by atomic mass is 35.5. The summed E-state index contributed by atoms with van der Waals surface area (Å²) in [4.78, 5) is 53.6. The van der Waals surface area contributed by atoms with Crippen LogP contribution in [0.5, 0.6) is 0 Å². The number of H-pyrrole nitrogens is 2. The number of halogens is 1. The molecular weight excluding hydrogens is 352 g/mol. The Morgan fingerprint density at radius 2 is 1.40 bits per heavy atom. The highest BCUT2D eigenvalue weighted by Crippen LogP contribution is 2.26. The van der Waals surface area contributed by atoms with E-state index in [1.54, 1.807) is 0 Å². The number of esters is 2. The second-order valence-corrected chi connectivity index (χ2v) is 5.52. The fourth-order valence-electron chi connectivity index (χ4n) is 2.57. The van der Waals surface area contributed by atoms with E-state index in [-0.39, 0.29) is 38.2 Å². The highest BCUT2D eigenvalue weighted by molar-refractivity contribution is 6.36. The Bertz CT molecular complexity index is 1160. The van der Waals surface area contributed by atoms with Crippen LogP contribution in [0.1, 0.15) is 21.0 Å². The Kier molecular flexibility index (Phi) is 4.05. The van der Waals surface area contributed by atoms with Crippen LogP contribution >= 0.6 is 11.6 Å². The topological polar surface area (TPSA) is 118 Å². The number of methoxy groups -OCH3 is 2. The number of pyridine rings is 2. The Hall–Kier alpha value is -3.13. The Morgan fingerprint density at radius 1 is 0.880 bits per heavy atom. The van der Waals surface area contributed by atoms with Crippen molar-refractivity contribution < 1.29 is 19.1 Å². The molecule has 3 aromatic rings. The largest absolute Gasteiger partial charge is 0.464 e. The van der Waals surface area contributed by atoms with Gasteiger partial charge in [0, 0.05) is 12.1 Å². The van der Waals surface area contributed by atoms with Crippen molar-refractivity contribution >= 4 is 45.3 Å². The summed E-state index contributed by atoms with van der Waals surface area (Å²) >= 11 is 6.19. The first-order valence-corrected chi connectivity index (χ1v) is 7.34. The molecule has 0 fully saturated rings. The summed E-state index contributed by atoms with van der Waals surface area (Å²) in [5.74, 6) is -1.48. The molecule has 0 amide bonds. The van der Waals surface area contributed by atoms with Crippen molar-refractivity contribution in [3.8, 4) is 0 Å². The maximum Gasteiger partial charge on any atom is 0.354 e. The van der Waals surface area contributed by atoms with Crippen LogP contribution in [0, 0.1) is 0 Å². The average molecular weight is 363 g/mol. The smallest absolute Gasteiger partial charge is 0.354 e. The van der Waals surface area contributed by atoms with Gasteiger partial charge in [0.25, 0.3) is 0 Å². The van der Waals surface area contributed by atoms with Gasteiger partial charge < -0.3 is 19.4 Å². The second kappa shape index (κ2) is 6.06. The summed E-state index contributed by atoms with van der Waals surface area (Å²) < 4.78 is 9.15. The van der Waals surface area contributed by atoms with E-state index in [0.717, 1.165) is 12.1 Å². The zero-order chi connectivity index (χ0) is 18.3. The number of nitrogens with one attached hydrogen (secondary N) is 2. The van der Waals surface area contributed by atoms with E-state index in [0.29, 0.717) is 0 Å². The van der Waals surface area contributed by atoms with Crippen LogP contribution in [0.3, 0.4) is 0 Å². The molecule has 1 aromatic carbocycles. The molecule has 9 heteroatoms. The number of benzene rings is 1. The van der Waals surface area contributed by atoms with Crippen molar-refractivity contribution in [2.45, 2.75) is 0 Å². The molecule has 0 atom stereocenters. The number of fused-ring (bicyclic) bond motifs is 3. The van der Waals surface area contributed by atoms with Crippen molar-refractivity contribution in [2.24, 2.45) is 0 Å². The normalized spacial score (nSPS) is 10.8. The van der Waals surface area contributed by atoms with Crippen LogP contribution < -0.4 is 10.9 Å². The molecule has 0 aliphatic heterocycles. The maximum absolute atomic E-state index is 12.5. The number of aromatic amines is 2. The van der Waals surface area contributed by atoms with E-state index in [2.05, 4.69) is 19.4 Å². The van der Waals surface area contributed by atoms with Gasteiger partial charge in [-0.2, -0.15) is 0 Å². The van der Waals surface area contributed by atoms with Crippen LogP contribution in [0.4, 0.5) is 0 Å². The number of aromatic nitrogens is 2. The highest BCUT2D eigenvalue weighted by Gasteiger charge is 2.18. The van der Waals surface area contributed by atoms with E-state index in [9.17, 15) is 19.2 Å². The van der Waals surface area contributed by atoms with Gasteiger partial charge in [-0.1, -0.05) is 11.6 Å². The van der Waals surface area contributed by atoms with Crippen LogP contribution in [0.25, 0.3) is 21.8 Å². The third-order valence-electron chi connectivity index (χ3n) is 3.66. The molecule has 128 valence electrons. The summed E-state index contributed by atoms with van der Waals surface area (Å²) in [7, 11) is 2.35. The molecule has 0 bridgehead atoms. The van der Waals surface area contributed by atoms with Crippen molar-refractivity contribution in [2.75, 3.05) is 14.2 Å². The first kappa shape index (κ1) is 16.7. The summed E-state index contributed by atoms with van der Waals surface area (Å²) in [6.07, 6.45) is 0. The number of hydrogen-bond donors (Lipinski definition) is 2. The summed E-state index contributed by atoms with van der Waals surface area (Å²) in [6.45, 7) is 0. The lowest BCUT2D eigenvalue weighted by atomic mass is 10.1. The molecule has 2 N–H and O–H groups in total. The Morgan fingerprint density at radius 3 is 1.96 bits per heavy atom. The zero-order valence-electron chi connectivity index (χ0n) is 13.1. The molecule has 8 nitrogen and oxygen atoms in total. The third-order valence-corrected chi connectivity index (χ3v) is 3.96. The van der Waals surface area contributed by atoms with Crippen LogP contribution in [0.2, 0.25) is 5.02 Å². The molecule has 3 rings (SSSR count). The van der Waals surface area contributed by atoms with Crippen molar-refractivity contribution in [3.63, 3.8) is 0 Å². The lowest BCUT2D eigenvalue weighted by molar-refractivity contribution is 0.0585. The first-order chi connectivity index (χ1) is 11.9. The van der Waals surface area contributed by atoms with Crippen molar-refractivity contribution in [1.82, 2.24) is 9.97 Å². The minimum Gasteiger partial charge on any atom is -0.464 e. The third kappa shape index (κ3) is 2.66. The minimum absolute atomic E-state index is 0.00724. The number of rotatable bonds is 2. The molecule has 0 unspecified atom stereocenters. The van der Waals surface area contributed by atoms with Gasteiger partial charge in [-0.15, -0.1) is 0 Å². The summed E-state index contributed by atoms with van der Waals surface area (Å²) in [6, 6.07) is 3.44. The molecule has 0 aliphatic carbocycles. The van der Waals surface area contributed by atoms with E-state index in [4.69, 9.17) is 11.6 Å². The molecule has 0 spiro atoms. The predicted molar refractivity (Wildman–Crippen MR) is 90.4 cm³/mol. The fraction of sp³-hybridized carbons (Fsp3) is 0.125. The van der Waals surface area contributed by atoms with Gasteiger partial charge in [-0.25, -0.2) is 9.59 Å². The zero-order valence-corrected chi connectivity index (χ0v) is 13.8. The summed E-state index contributed by atoms with van der Waals surface area (Å²) in [5, 5.41) is 0.139. The molecule has 0 radical (unpaired) electrons. The first-order valence-electron chi connectivity index (χ1n) is 6.96. The van der Waals surface area contributed by atoms with Gasteiger partial charge >= 0.3 is 11.9 Å². The van der Waals surface area contributed by atoms with Gasteiger partial charge in [-0.05, 0) is 6.07 Å². The Labute approximate surface area is 144 Å². The lowest BCUT2D eigenvalue weighted by Gasteiger charge is -2.09. The minimum atomic E-state index is -0.745. The molecule has 2 heterocycles. The van der Waals surface area contributed by atoms with E-state index >= 15 is 0 Å². The second-order valence-electron chi connectivity index (χ2n) is 5.11. The van der Waals surface area contributed by atoms with E-state index in [1.165, 1.54) is 20.3 Å². The van der Waals surface area contributed by atoms with Crippen LogP contribution in [-0.2, 0) is 9.47 Å². The average Bonchev–Trinajstić information content (AvgIpc) is 2.60. The number of hydrogen-bond acceptors (Lipinski definition) is 6. The molecule has 0 aliphatic rings. The fourth-order valence-corrected chi connectivity index (χ4v) is 2.82. The molecule has 2 aromatic heterocycles. The molecule has 0 saturated carbocycles.